The highest BCUT2D eigenvalue weighted by Crippen LogP contribution is 2.48. The molecule has 5 rings (SSSR count). The van der Waals surface area contributed by atoms with Crippen LogP contribution in [-0.2, 0) is 5.54 Å². The molecule has 2 aromatic carbocycles. The molecule has 8 N–H and O–H groups in total. The third-order valence-electron chi connectivity index (χ3n) is 7.12. The number of hydrogen-bond donors (Lipinski definition) is 5. The summed E-state index contributed by atoms with van der Waals surface area (Å²) in [6, 6.07) is 9.16. The van der Waals surface area contributed by atoms with Crippen molar-refractivity contribution in [3.8, 4) is 5.75 Å². The number of nitrogens with zero attached hydrogens (tertiary/aromatic N) is 3. The minimum Gasteiger partial charge on any atom is -0.487 e. The van der Waals surface area contributed by atoms with Gasteiger partial charge in [0.15, 0.2) is 11.6 Å². The molecule has 0 atom stereocenters. The second kappa shape index (κ2) is 10.1. The van der Waals surface area contributed by atoms with Crippen molar-refractivity contribution >= 4 is 50.9 Å². The number of fused-ring (bicyclic) bond motifs is 1. The predicted octanol–water partition coefficient (Wildman–Crippen LogP) is 2.84. The Morgan fingerprint density at radius 2 is 2.00 bits per heavy atom. The number of carboxylic acid groups (broad SMARTS) is 1. The van der Waals surface area contributed by atoms with Gasteiger partial charge in [0.05, 0.1) is 27.8 Å². The maximum atomic E-state index is 15.6. The monoisotopic (exact) mass is 541 g/mol. The van der Waals surface area contributed by atoms with Crippen molar-refractivity contribution in [1.82, 2.24) is 4.57 Å². The highest BCUT2D eigenvalue weighted by Gasteiger charge is 2.43. The van der Waals surface area contributed by atoms with E-state index >= 15 is 4.39 Å². The number of ether oxygens (including phenoxy) is 1. The third kappa shape index (κ3) is 4.17. The van der Waals surface area contributed by atoms with Crippen molar-refractivity contribution in [1.29, 1.82) is 0 Å². The molecular formula is C25H28FN7O4S. The Bertz CT molecular complexity index is 1490. The van der Waals surface area contributed by atoms with Crippen LogP contribution in [0.4, 0.5) is 21.5 Å². The van der Waals surface area contributed by atoms with Gasteiger partial charge >= 0.3 is 5.97 Å². The average Bonchev–Trinajstić information content (AvgIpc) is 3.39. The Balaban J connectivity index is 1.47. The van der Waals surface area contributed by atoms with Crippen LogP contribution in [-0.4, -0.2) is 39.7 Å². The maximum Gasteiger partial charge on any atom is 0.341 e. The summed E-state index contributed by atoms with van der Waals surface area (Å²) in [5, 5.41) is 18.0. The number of benzene rings is 2. The molecule has 0 radical (unpaired) electrons. The van der Waals surface area contributed by atoms with Crippen molar-refractivity contribution in [2.75, 3.05) is 35.0 Å². The standard InChI is InChI=1S/C25H28FN7O4S/c26-17-18(27)16-20-22(19(17)30-10-11-38-24(31-28)33(29)14-6-2-1-3-7-14)37-13-25(8-4-5-9-25)32(20)12-15(21(16)34)23(35)36/h1-3,6-7,12,30H,4-5,8-11,13,27-29H2,(H,35,36)/b31-24+. The molecule has 2 heterocycles. The first kappa shape index (κ1) is 25.7. The highest BCUT2D eigenvalue weighted by molar-refractivity contribution is 8.14. The molecule has 0 saturated heterocycles. The largest absolute Gasteiger partial charge is 0.487 e. The normalized spacial score (nSPS) is 16.0. The number of carbonyl (C=O) groups is 1. The zero-order valence-electron chi connectivity index (χ0n) is 20.4. The van der Waals surface area contributed by atoms with E-state index in [2.05, 4.69) is 10.4 Å². The Morgan fingerprint density at radius 3 is 2.66 bits per heavy atom. The first-order chi connectivity index (χ1) is 18.3. The van der Waals surface area contributed by atoms with Gasteiger partial charge < -0.3 is 31.3 Å². The Morgan fingerprint density at radius 1 is 1.29 bits per heavy atom. The molecule has 3 aromatic rings. The Hall–Kier alpha value is -3.97. The summed E-state index contributed by atoms with van der Waals surface area (Å²) in [4.78, 5) is 25.0. The zero-order chi connectivity index (χ0) is 27.0. The molecule has 1 aliphatic heterocycles. The van der Waals surface area contributed by atoms with Crippen molar-refractivity contribution in [3.05, 3.63) is 58.1 Å². The lowest BCUT2D eigenvalue weighted by Crippen LogP contribution is -2.42. The maximum absolute atomic E-state index is 15.6. The second-order valence-electron chi connectivity index (χ2n) is 9.32. The number of para-hydroxylation sites is 1. The Labute approximate surface area is 221 Å². The molecule has 200 valence electrons. The van der Waals surface area contributed by atoms with E-state index in [-0.39, 0.29) is 30.0 Å². The number of aromatic nitrogens is 1. The van der Waals surface area contributed by atoms with Crippen LogP contribution in [0.1, 0.15) is 36.0 Å². The van der Waals surface area contributed by atoms with E-state index in [0.29, 0.717) is 22.1 Å². The molecule has 1 aromatic heterocycles. The van der Waals surface area contributed by atoms with Crippen molar-refractivity contribution in [3.63, 3.8) is 0 Å². The van der Waals surface area contributed by atoms with E-state index in [1.165, 1.54) is 23.0 Å². The molecule has 11 nitrogen and oxygen atoms in total. The highest BCUT2D eigenvalue weighted by atomic mass is 32.2. The molecule has 38 heavy (non-hydrogen) atoms. The second-order valence-corrected chi connectivity index (χ2v) is 10.4. The Kier molecular flexibility index (Phi) is 6.80. The van der Waals surface area contributed by atoms with Gasteiger partial charge in [-0.15, -0.1) is 0 Å². The number of carboxylic acids is 1. The summed E-state index contributed by atoms with van der Waals surface area (Å²) in [5.74, 6) is 9.96. The number of amidine groups is 1. The lowest BCUT2D eigenvalue weighted by Gasteiger charge is -2.39. The number of rotatable bonds is 6. The van der Waals surface area contributed by atoms with Gasteiger partial charge in [-0.25, -0.2) is 15.0 Å². The van der Waals surface area contributed by atoms with Crippen molar-refractivity contribution in [2.24, 2.45) is 16.8 Å². The molecule has 1 aliphatic carbocycles. The molecular weight excluding hydrogens is 513 g/mol. The van der Waals surface area contributed by atoms with Gasteiger partial charge in [-0.1, -0.05) is 42.8 Å². The number of anilines is 3. The molecule has 1 spiro atoms. The number of hydrazone groups is 1. The molecule has 13 heteroatoms. The fourth-order valence-corrected chi connectivity index (χ4v) is 5.96. The van der Waals surface area contributed by atoms with Crippen LogP contribution in [0.2, 0.25) is 0 Å². The summed E-state index contributed by atoms with van der Waals surface area (Å²) < 4.78 is 23.5. The minimum atomic E-state index is -1.39. The minimum absolute atomic E-state index is 0.0126. The number of halogens is 1. The molecule has 1 fully saturated rings. The number of pyridine rings is 1. The first-order valence-corrected chi connectivity index (χ1v) is 13.1. The molecule has 2 aliphatic rings. The van der Waals surface area contributed by atoms with Gasteiger partial charge in [-0.2, -0.15) is 5.10 Å². The SMILES string of the molecule is N/N=C(/SCCNc1c(F)c(N)c2c(=O)c(C(=O)O)cn3c2c1OCC31CCCC1)N(N)c1ccccc1. The number of nitrogens with two attached hydrogens (primary N) is 3. The van der Waals surface area contributed by atoms with Crippen LogP contribution in [0.5, 0.6) is 5.75 Å². The number of hydrazine groups is 1. The summed E-state index contributed by atoms with van der Waals surface area (Å²) in [6.45, 7) is 0.486. The van der Waals surface area contributed by atoms with E-state index < -0.39 is 34.0 Å². The smallest absolute Gasteiger partial charge is 0.341 e. The van der Waals surface area contributed by atoms with E-state index in [0.717, 1.165) is 25.7 Å². The number of nitrogen functional groups attached to an aromatic ring is 1. The molecule has 0 unspecified atom stereocenters. The lowest BCUT2D eigenvalue weighted by atomic mass is 9.93. The van der Waals surface area contributed by atoms with E-state index in [4.69, 9.17) is 22.2 Å². The predicted molar refractivity (Wildman–Crippen MR) is 147 cm³/mol. The molecule has 0 amide bonds. The fourth-order valence-electron chi connectivity index (χ4n) is 5.26. The quantitative estimate of drug-likeness (QED) is 0.0779. The van der Waals surface area contributed by atoms with Crippen LogP contribution in [0.15, 0.2) is 46.4 Å². The summed E-state index contributed by atoms with van der Waals surface area (Å²) in [6.07, 6.45) is 4.71. The van der Waals surface area contributed by atoms with Gasteiger partial charge in [0, 0.05) is 18.5 Å². The van der Waals surface area contributed by atoms with Crippen LogP contribution in [0, 0.1) is 5.82 Å². The summed E-state index contributed by atoms with van der Waals surface area (Å²) >= 11 is 1.26. The van der Waals surface area contributed by atoms with Gasteiger partial charge in [0.2, 0.25) is 10.6 Å². The molecule has 0 bridgehead atoms. The van der Waals surface area contributed by atoms with Crippen molar-refractivity contribution < 1.29 is 19.0 Å². The fraction of sp³-hybridized carbons (Fsp3) is 0.320. The van der Waals surface area contributed by atoms with Gasteiger partial charge in [-0.3, -0.25) is 9.80 Å². The van der Waals surface area contributed by atoms with Crippen LogP contribution in [0.25, 0.3) is 10.9 Å². The number of aromatic carboxylic acids is 1. The lowest BCUT2D eigenvalue weighted by molar-refractivity contribution is 0.0692. The van der Waals surface area contributed by atoms with Gasteiger partial charge in [0.25, 0.3) is 0 Å². The first-order valence-electron chi connectivity index (χ1n) is 12.1. The van der Waals surface area contributed by atoms with E-state index in [1.807, 2.05) is 30.3 Å². The molecule has 1 saturated carbocycles. The van der Waals surface area contributed by atoms with E-state index in [1.54, 1.807) is 4.57 Å². The topological polar surface area (TPSA) is 174 Å². The van der Waals surface area contributed by atoms with Crippen LogP contribution in [0.3, 0.4) is 0 Å². The number of nitrogens with one attached hydrogen (secondary N) is 1. The van der Waals surface area contributed by atoms with Crippen molar-refractivity contribution in [2.45, 2.75) is 31.2 Å². The average molecular weight is 542 g/mol. The van der Waals surface area contributed by atoms with Crippen LogP contribution < -0.4 is 37.9 Å². The number of thioether (sulfide) groups is 1. The third-order valence-corrected chi connectivity index (χ3v) is 8.09. The van der Waals surface area contributed by atoms with Crippen LogP contribution >= 0.6 is 11.8 Å². The zero-order valence-corrected chi connectivity index (χ0v) is 21.3. The number of hydrogen-bond acceptors (Lipinski definition) is 9. The summed E-state index contributed by atoms with van der Waals surface area (Å²) in [5.41, 5.74) is 4.93. The summed E-state index contributed by atoms with van der Waals surface area (Å²) in [7, 11) is 0. The van der Waals surface area contributed by atoms with Gasteiger partial charge in [0.1, 0.15) is 17.9 Å². The van der Waals surface area contributed by atoms with E-state index in [9.17, 15) is 14.7 Å². The van der Waals surface area contributed by atoms with Gasteiger partial charge in [-0.05, 0) is 25.0 Å².